The number of ketones is 1. The molecule has 18 heavy (non-hydrogen) atoms. The molecule has 0 bridgehead atoms. The molecule has 0 aliphatic carbocycles. The molecule has 0 spiro atoms. The molecule has 96 valence electrons. The SMILES string of the molecule is CC(C)=CC(=O)NCC(=O)Cc1ccc(Br)cc1. The Hall–Kier alpha value is -1.42. The minimum Gasteiger partial charge on any atom is -0.345 e. The van der Waals surface area contributed by atoms with Crippen molar-refractivity contribution in [2.75, 3.05) is 6.54 Å². The van der Waals surface area contributed by atoms with Crippen molar-refractivity contribution in [1.29, 1.82) is 0 Å². The van der Waals surface area contributed by atoms with Gasteiger partial charge in [0.1, 0.15) is 0 Å². The summed E-state index contributed by atoms with van der Waals surface area (Å²) in [5, 5.41) is 2.57. The maximum absolute atomic E-state index is 11.6. The highest BCUT2D eigenvalue weighted by molar-refractivity contribution is 9.10. The zero-order valence-corrected chi connectivity index (χ0v) is 12.1. The van der Waals surface area contributed by atoms with Gasteiger partial charge in [0.25, 0.3) is 0 Å². The molecule has 1 amide bonds. The largest absolute Gasteiger partial charge is 0.345 e. The molecule has 0 aliphatic heterocycles. The van der Waals surface area contributed by atoms with E-state index in [4.69, 9.17) is 0 Å². The Morgan fingerprint density at radius 1 is 1.22 bits per heavy atom. The molecule has 4 heteroatoms. The van der Waals surface area contributed by atoms with Crippen LogP contribution in [0.5, 0.6) is 0 Å². The minimum atomic E-state index is -0.223. The van der Waals surface area contributed by atoms with Gasteiger partial charge in [-0.2, -0.15) is 0 Å². The molecule has 0 saturated carbocycles. The third-order valence-electron chi connectivity index (χ3n) is 2.19. The van der Waals surface area contributed by atoms with E-state index in [9.17, 15) is 9.59 Å². The molecule has 0 radical (unpaired) electrons. The lowest BCUT2D eigenvalue weighted by Gasteiger charge is -2.03. The highest BCUT2D eigenvalue weighted by atomic mass is 79.9. The predicted octanol–water partition coefficient (Wildman–Crippen LogP) is 2.64. The van der Waals surface area contributed by atoms with Crippen LogP contribution in [-0.4, -0.2) is 18.2 Å². The van der Waals surface area contributed by atoms with Gasteiger partial charge in [-0.15, -0.1) is 0 Å². The lowest BCUT2D eigenvalue weighted by molar-refractivity contribution is -0.122. The number of benzene rings is 1. The third-order valence-corrected chi connectivity index (χ3v) is 2.72. The van der Waals surface area contributed by atoms with Gasteiger partial charge in [0.15, 0.2) is 5.78 Å². The summed E-state index contributed by atoms with van der Waals surface area (Å²) < 4.78 is 0.982. The van der Waals surface area contributed by atoms with E-state index >= 15 is 0 Å². The molecule has 1 N–H and O–H groups in total. The lowest BCUT2D eigenvalue weighted by Crippen LogP contribution is -2.29. The number of rotatable bonds is 5. The van der Waals surface area contributed by atoms with Crippen LogP contribution in [-0.2, 0) is 16.0 Å². The number of amides is 1. The van der Waals surface area contributed by atoms with Crippen LogP contribution in [0.3, 0.4) is 0 Å². The van der Waals surface area contributed by atoms with Crippen molar-refractivity contribution >= 4 is 27.6 Å². The number of hydrogen-bond acceptors (Lipinski definition) is 2. The van der Waals surface area contributed by atoms with Crippen LogP contribution >= 0.6 is 15.9 Å². The fraction of sp³-hybridized carbons (Fsp3) is 0.286. The molecule has 0 saturated heterocycles. The molecule has 0 heterocycles. The zero-order valence-electron chi connectivity index (χ0n) is 10.5. The maximum atomic E-state index is 11.6. The van der Waals surface area contributed by atoms with Gasteiger partial charge in [0.2, 0.25) is 5.91 Å². The summed E-state index contributed by atoms with van der Waals surface area (Å²) in [4.78, 5) is 22.9. The summed E-state index contributed by atoms with van der Waals surface area (Å²) >= 11 is 3.34. The summed E-state index contributed by atoms with van der Waals surface area (Å²) in [5.41, 5.74) is 1.85. The first-order chi connectivity index (χ1) is 8.47. The van der Waals surface area contributed by atoms with Crippen molar-refractivity contribution < 1.29 is 9.59 Å². The van der Waals surface area contributed by atoms with Crippen LogP contribution in [0.25, 0.3) is 0 Å². The van der Waals surface area contributed by atoms with E-state index < -0.39 is 0 Å². The molecule has 0 aromatic heterocycles. The minimum absolute atomic E-state index is 0.00664. The summed E-state index contributed by atoms with van der Waals surface area (Å²) in [6, 6.07) is 7.56. The molecular weight excluding hydrogens is 294 g/mol. The number of carbonyl (C=O) groups is 2. The van der Waals surface area contributed by atoms with Crippen LogP contribution in [0, 0.1) is 0 Å². The Morgan fingerprint density at radius 2 is 1.83 bits per heavy atom. The second-order valence-corrected chi connectivity index (χ2v) is 5.20. The van der Waals surface area contributed by atoms with E-state index in [2.05, 4.69) is 21.2 Å². The van der Waals surface area contributed by atoms with E-state index in [1.54, 1.807) is 0 Å². The van der Waals surface area contributed by atoms with Gasteiger partial charge in [0, 0.05) is 17.0 Å². The summed E-state index contributed by atoms with van der Waals surface area (Å²) in [6.07, 6.45) is 1.81. The fourth-order valence-corrected chi connectivity index (χ4v) is 1.66. The second-order valence-electron chi connectivity index (χ2n) is 4.28. The number of Topliss-reactive ketones (excluding diaryl/α,β-unsaturated/α-hetero) is 1. The van der Waals surface area contributed by atoms with Crippen LogP contribution in [0.1, 0.15) is 19.4 Å². The maximum Gasteiger partial charge on any atom is 0.244 e. The molecule has 0 aliphatic rings. The van der Waals surface area contributed by atoms with Crippen molar-refractivity contribution in [2.45, 2.75) is 20.3 Å². The Bertz CT molecular complexity index is 459. The Morgan fingerprint density at radius 3 is 2.39 bits per heavy atom. The molecule has 1 aromatic rings. The average molecular weight is 310 g/mol. The standard InChI is InChI=1S/C14H16BrNO2/c1-10(2)7-14(18)16-9-13(17)8-11-3-5-12(15)6-4-11/h3-7H,8-9H2,1-2H3,(H,16,18). The van der Waals surface area contributed by atoms with E-state index in [-0.39, 0.29) is 18.2 Å². The molecule has 3 nitrogen and oxygen atoms in total. The Kier molecular flexibility index (Phi) is 5.78. The van der Waals surface area contributed by atoms with Gasteiger partial charge >= 0.3 is 0 Å². The number of halogens is 1. The number of allylic oxidation sites excluding steroid dienone is 1. The van der Waals surface area contributed by atoms with E-state index in [0.717, 1.165) is 15.6 Å². The Labute approximate surface area is 115 Å². The van der Waals surface area contributed by atoms with Gasteiger partial charge in [-0.05, 0) is 31.5 Å². The van der Waals surface area contributed by atoms with Crippen LogP contribution < -0.4 is 5.32 Å². The van der Waals surface area contributed by atoms with Crippen LogP contribution in [0.2, 0.25) is 0 Å². The van der Waals surface area contributed by atoms with Crippen molar-refractivity contribution in [3.8, 4) is 0 Å². The van der Waals surface area contributed by atoms with Crippen molar-refractivity contribution in [2.24, 2.45) is 0 Å². The van der Waals surface area contributed by atoms with Crippen molar-refractivity contribution in [3.63, 3.8) is 0 Å². The molecule has 0 fully saturated rings. The second kappa shape index (κ2) is 7.11. The first-order valence-electron chi connectivity index (χ1n) is 5.66. The quantitative estimate of drug-likeness (QED) is 0.850. The summed E-state index contributed by atoms with van der Waals surface area (Å²) in [6.45, 7) is 3.74. The smallest absolute Gasteiger partial charge is 0.244 e. The molecule has 1 aromatic carbocycles. The van der Waals surface area contributed by atoms with E-state index in [0.29, 0.717) is 6.42 Å². The van der Waals surface area contributed by atoms with Gasteiger partial charge < -0.3 is 5.32 Å². The molecular formula is C14H16BrNO2. The average Bonchev–Trinajstić information content (AvgIpc) is 2.29. The van der Waals surface area contributed by atoms with Crippen LogP contribution in [0.15, 0.2) is 40.4 Å². The zero-order chi connectivity index (χ0) is 13.5. The van der Waals surface area contributed by atoms with Crippen molar-refractivity contribution in [1.82, 2.24) is 5.32 Å². The monoisotopic (exact) mass is 309 g/mol. The number of carbonyl (C=O) groups excluding carboxylic acids is 2. The highest BCUT2D eigenvalue weighted by Crippen LogP contribution is 2.10. The van der Waals surface area contributed by atoms with Gasteiger partial charge in [0.05, 0.1) is 6.54 Å². The normalized spacial score (nSPS) is 9.72. The summed E-state index contributed by atoms with van der Waals surface area (Å²) in [7, 11) is 0. The van der Waals surface area contributed by atoms with Gasteiger partial charge in [-0.1, -0.05) is 33.6 Å². The first kappa shape index (κ1) is 14.6. The first-order valence-corrected chi connectivity index (χ1v) is 6.45. The molecule has 1 rings (SSSR count). The van der Waals surface area contributed by atoms with E-state index in [1.807, 2.05) is 38.1 Å². The van der Waals surface area contributed by atoms with Gasteiger partial charge in [-0.3, -0.25) is 9.59 Å². The topological polar surface area (TPSA) is 46.2 Å². The molecule has 0 unspecified atom stereocenters. The third kappa shape index (κ3) is 5.77. The fourth-order valence-electron chi connectivity index (χ4n) is 1.39. The lowest BCUT2D eigenvalue weighted by atomic mass is 10.1. The Balaban J connectivity index is 2.40. The van der Waals surface area contributed by atoms with E-state index in [1.165, 1.54) is 6.08 Å². The van der Waals surface area contributed by atoms with Crippen LogP contribution in [0.4, 0.5) is 0 Å². The highest BCUT2D eigenvalue weighted by Gasteiger charge is 2.05. The van der Waals surface area contributed by atoms with Crippen molar-refractivity contribution in [3.05, 3.63) is 46.0 Å². The summed E-state index contributed by atoms with van der Waals surface area (Å²) in [5.74, 6) is -0.230. The number of nitrogens with one attached hydrogen (secondary N) is 1. The number of hydrogen-bond donors (Lipinski definition) is 1. The molecule has 0 atom stereocenters. The van der Waals surface area contributed by atoms with Gasteiger partial charge in [-0.25, -0.2) is 0 Å². The predicted molar refractivity (Wildman–Crippen MR) is 75.3 cm³/mol.